The van der Waals surface area contributed by atoms with Crippen molar-refractivity contribution in [3.05, 3.63) is 12.3 Å². The molecule has 6 nitrogen and oxygen atoms in total. The first kappa shape index (κ1) is 12.2. The van der Waals surface area contributed by atoms with Gasteiger partial charge in [-0.15, -0.1) is 0 Å². The Balaban J connectivity index is 2.67. The standard InChI is InChI=1S/C8H15N3O3S/c1-3-8(2,12)6-10-15(13,14)7-4-5-9-11-7/h4-5,10,12H,3,6H2,1-2H3,(H,9,11). The molecule has 1 heterocycles. The summed E-state index contributed by atoms with van der Waals surface area (Å²) < 4.78 is 25.4. The Bertz CT molecular complexity index is 397. The number of nitrogens with one attached hydrogen (secondary N) is 2. The second kappa shape index (κ2) is 4.30. The largest absolute Gasteiger partial charge is 0.389 e. The highest BCUT2D eigenvalue weighted by Crippen LogP contribution is 2.09. The number of rotatable bonds is 5. The molecule has 86 valence electrons. The zero-order valence-electron chi connectivity index (χ0n) is 8.69. The molecule has 0 saturated heterocycles. The van der Waals surface area contributed by atoms with Gasteiger partial charge in [-0.05, 0) is 19.4 Å². The average Bonchev–Trinajstić information content (AvgIpc) is 2.69. The molecule has 1 aromatic rings. The van der Waals surface area contributed by atoms with Crippen LogP contribution in [-0.2, 0) is 10.0 Å². The number of hydrogen-bond acceptors (Lipinski definition) is 4. The minimum atomic E-state index is -3.59. The van der Waals surface area contributed by atoms with Gasteiger partial charge in [0.1, 0.15) is 0 Å². The Kier molecular flexibility index (Phi) is 3.48. The number of sulfonamides is 1. The van der Waals surface area contributed by atoms with Gasteiger partial charge in [0, 0.05) is 6.54 Å². The third-order valence-corrected chi connectivity index (χ3v) is 3.50. The molecule has 15 heavy (non-hydrogen) atoms. The first-order valence-corrected chi connectivity index (χ1v) is 6.07. The topological polar surface area (TPSA) is 95.1 Å². The van der Waals surface area contributed by atoms with Gasteiger partial charge in [0.25, 0.3) is 10.0 Å². The van der Waals surface area contributed by atoms with Crippen LogP contribution in [0.5, 0.6) is 0 Å². The third kappa shape index (κ3) is 3.29. The molecule has 0 fully saturated rings. The normalized spacial score (nSPS) is 16.2. The Morgan fingerprint density at radius 2 is 2.33 bits per heavy atom. The predicted octanol–water partition coefficient (Wildman–Crippen LogP) is -0.151. The second-order valence-corrected chi connectivity index (χ2v) is 5.33. The molecular formula is C8H15N3O3S. The molecule has 1 rings (SSSR count). The highest BCUT2D eigenvalue weighted by molar-refractivity contribution is 7.89. The fourth-order valence-corrected chi connectivity index (χ4v) is 1.92. The van der Waals surface area contributed by atoms with Gasteiger partial charge >= 0.3 is 0 Å². The van der Waals surface area contributed by atoms with Crippen molar-refractivity contribution >= 4 is 10.0 Å². The highest BCUT2D eigenvalue weighted by atomic mass is 32.2. The van der Waals surface area contributed by atoms with E-state index in [4.69, 9.17) is 0 Å². The molecule has 0 spiro atoms. The maximum atomic E-state index is 11.6. The van der Waals surface area contributed by atoms with E-state index in [2.05, 4.69) is 14.9 Å². The van der Waals surface area contributed by atoms with Gasteiger partial charge in [-0.2, -0.15) is 5.10 Å². The van der Waals surface area contributed by atoms with Gasteiger partial charge in [-0.1, -0.05) is 6.92 Å². The second-order valence-electron chi connectivity index (χ2n) is 3.60. The van der Waals surface area contributed by atoms with Crippen molar-refractivity contribution in [2.45, 2.75) is 30.9 Å². The van der Waals surface area contributed by atoms with Gasteiger partial charge in [0.05, 0.1) is 11.8 Å². The van der Waals surface area contributed by atoms with E-state index in [1.54, 1.807) is 13.8 Å². The summed E-state index contributed by atoms with van der Waals surface area (Å²) in [7, 11) is -3.59. The summed E-state index contributed by atoms with van der Waals surface area (Å²) in [6, 6.07) is 1.35. The lowest BCUT2D eigenvalue weighted by Crippen LogP contribution is -2.40. The van der Waals surface area contributed by atoms with E-state index in [1.165, 1.54) is 12.3 Å². The van der Waals surface area contributed by atoms with Crippen LogP contribution in [0, 0.1) is 0 Å². The van der Waals surface area contributed by atoms with Gasteiger partial charge < -0.3 is 5.11 Å². The summed E-state index contributed by atoms with van der Waals surface area (Å²) in [5.74, 6) is 0. The van der Waals surface area contributed by atoms with Crippen LogP contribution in [-0.4, -0.2) is 35.9 Å². The Morgan fingerprint density at radius 3 is 2.80 bits per heavy atom. The quantitative estimate of drug-likeness (QED) is 0.659. The fraction of sp³-hybridized carbons (Fsp3) is 0.625. The molecule has 0 bridgehead atoms. The van der Waals surface area contributed by atoms with Crippen molar-refractivity contribution in [2.75, 3.05) is 6.54 Å². The molecule has 0 aliphatic carbocycles. The Labute approximate surface area is 88.8 Å². The smallest absolute Gasteiger partial charge is 0.257 e. The van der Waals surface area contributed by atoms with E-state index in [0.717, 1.165) is 0 Å². The molecular weight excluding hydrogens is 218 g/mol. The summed E-state index contributed by atoms with van der Waals surface area (Å²) in [6.07, 6.45) is 1.82. The van der Waals surface area contributed by atoms with Gasteiger partial charge in [-0.25, -0.2) is 13.1 Å². The summed E-state index contributed by atoms with van der Waals surface area (Å²) in [5.41, 5.74) is -1.03. The lowest BCUT2D eigenvalue weighted by Gasteiger charge is -2.21. The van der Waals surface area contributed by atoms with Crippen LogP contribution in [0.3, 0.4) is 0 Å². The zero-order valence-corrected chi connectivity index (χ0v) is 9.50. The molecule has 1 aromatic heterocycles. The van der Waals surface area contributed by atoms with Crippen molar-refractivity contribution in [1.82, 2.24) is 14.9 Å². The fourth-order valence-electron chi connectivity index (χ4n) is 0.846. The van der Waals surface area contributed by atoms with Crippen LogP contribution >= 0.6 is 0 Å². The van der Waals surface area contributed by atoms with E-state index >= 15 is 0 Å². The predicted molar refractivity (Wildman–Crippen MR) is 54.7 cm³/mol. The van der Waals surface area contributed by atoms with E-state index in [0.29, 0.717) is 6.42 Å². The number of hydrogen-bond donors (Lipinski definition) is 3. The van der Waals surface area contributed by atoms with Crippen LogP contribution in [0.15, 0.2) is 17.3 Å². The third-order valence-electron chi connectivity index (χ3n) is 2.17. The summed E-state index contributed by atoms with van der Waals surface area (Å²) >= 11 is 0. The lowest BCUT2D eigenvalue weighted by molar-refractivity contribution is 0.0613. The van der Waals surface area contributed by atoms with E-state index in [9.17, 15) is 13.5 Å². The number of aliphatic hydroxyl groups is 1. The summed E-state index contributed by atoms with van der Waals surface area (Å²) in [4.78, 5) is 0. The number of aromatic nitrogens is 2. The molecule has 0 aliphatic rings. The Hall–Kier alpha value is -0.920. The van der Waals surface area contributed by atoms with Crippen molar-refractivity contribution < 1.29 is 13.5 Å². The SMILES string of the molecule is CCC(C)(O)CNS(=O)(=O)c1ccn[nH]1. The van der Waals surface area contributed by atoms with Crippen LogP contribution in [0.25, 0.3) is 0 Å². The highest BCUT2D eigenvalue weighted by Gasteiger charge is 2.22. The molecule has 7 heteroatoms. The van der Waals surface area contributed by atoms with Gasteiger partial charge in [0.2, 0.25) is 0 Å². The minimum absolute atomic E-state index is 0.00518. The van der Waals surface area contributed by atoms with Crippen molar-refractivity contribution in [1.29, 1.82) is 0 Å². The number of nitrogens with zero attached hydrogens (tertiary/aromatic N) is 1. The zero-order chi connectivity index (χ0) is 11.5. The molecule has 0 radical (unpaired) electrons. The Morgan fingerprint density at radius 1 is 1.67 bits per heavy atom. The maximum Gasteiger partial charge on any atom is 0.257 e. The van der Waals surface area contributed by atoms with E-state index in [1.807, 2.05) is 0 Å². The summed E-state index contributed by atoms with van der Waals surface area (Å²) in [6.45, 7) is 3.33. The van der Waals surface area contributed by atoms with Crippen molar-refractivity contribution in [3.8, 4) is 0 Å². The molecule has 0 amide bonds. The van der Waals surface area contributed by atoms with Crippen LogP contribution < -0.4 is 4.72 Å². The van der Waals surface area contributed by atoms with Crippen molar-refractivity contribution in [3.63, 3.8) is 0 Å². The summed E-state index contributed by atoms with van der Waals surface area (Å²) in [5, 5.41) is 15.5. The van der Waals surface area contributed by atoms with Crippen LogP contribution in [0.4, 0.5) is 0 Å². The molecule has 0 aromatic carbocycles. The molecule has 0 aliphatic heterocycles. The van der Waals surface area contributed by atoms with Gasteiger partial charge in [-0.3, -0.25) is 5.10 Å². The molecule has 3 N–H and O–H groups in total. The first-order chi connectivity index (χ1) is 6.87. The number of H-pyrrole nitrogens is 1. The van der Waals surface area contributed by atoms with E-state index in [-0.39, 0.29) is 11.6 Å². The maximum absolute atomic E-state index is 11.6. The first-order valence-electron chi connectivity index (χ1n) is 4.59. The van der Waals surface area contributed by atoms with Crippen LogP contribution in [0.2, 0.25) is 0 Å². The monoisotopic (exact) mass is 233 g/mol. The average molecular weight is 233 g/mol. The van der Waals surface area contributed by atoms with E-state index < -0.39 is 15.6 Å². The molecule has 1 unspecified atom stereocenters. The minimum Gasteiger partial charge on any atom is -0.389 e. The molecule has 0 saturated carbocycles. The lowest BCUT2D eigenvalue weighted by atomic mass is 10.1. The van der Waals surface area contributed by atoms with Crippen LogP contribution in [0.1, 0.15) is 20.3 Å². The number of aromatic amines is 1. The van der Waals surface area contributed by atoms with Gasteiger partial charge in [0.15, 0.2) is 5.03 Å². The molecule has 1 atom stereocenters. The van der Waals surface area contributed by atoms with Crippen molar-refractivity contribution in [2.24, 2.45) is 0 Å².